The third-order valence-electron chi connectivity index (χ3n) is 4.40. The van der Waals surface area contributed by atoms with E-state index in [1.54, 1.807) is 0 Å². The highest BCUT2D eigenvalue weighted by atomic mass is 32.2. The summed E-state index contributed by atoms with van der Waals surface area (Å²) in [4.78, 5) is 23.8. The van der Waals surface area contributed by atoms with Gasteiger partial charge in [0.15, 0.2) is 15.9 Å². The highest BCUT2D eigenvalue weighted by molar-refractivity contribution is 7.94. The molecule has 0 aromatic rings. The monoisotopic (exact) mass is 343 g/mol. The summed E-state index contributed by atoms with van der Waals surface area (Å²) in [6.07, 6.45) is 6.59. The highest BCUT2D eigenvalue weighted by Crippen LogP contribution is 2.23. The molecule has 6 nitrogen and oxygen atoms in total. The van der Waals surface area contributed by atoms with Gasteiger partial charge in [-0.3, -0.25) is 9.59 Å². The van der Waals surface area contributed by atoms with Gasteiger partial charge in [0, 0.05) is 17.9 Å². The number of nitrogens with one attached hydrogen (secondary N) is 1. The second-order valence-electron chi connectivity index (χ2n) is 6.50. The van der Waals surface area contributed by atoms with E-state index < -0.39 is 21.9 Å². The Bertz CT molecular complexity index is 563. The predicted octanol–water partition coefficient (Wildman–Crippen LogP) is 1.56. The van der Waals surface area contributed by atoms with E-state index in [4.69, 9.17) is 4.74 Å². The average molecular weight is 343 g/mol. The van der Waals surface area contributed by atoms with Gasteiger partial charge in [0.05, 0.1) is 12.2 Å². The molecular formula is C16H25NO5S. The maximum Gasteiger partial charge on any atom is 0.307 e. The van der Waals surface area contributed by atoms with Crippen molar-refractivity contribution in [2.24, 2.45) is 11.8 Å². The molecule has 7 heteroatoms. The largest absolute Gasteiger partial charge is 0.453 e. The molecule has 1 fully saturated rings. The molecule has 2 rings (SSSR count). The molecule has 0 bridgehead atoms. The Balaban J connectivity index is 1.68. The van der Waals surface area contributed by atoms with Crippen LogP contribution in [0.5, 0.6) is 0 Å². The van der Waals surface area contributed by atoms with E-state index in [1.807, 2.05) is 0 Å². The lowest BCUT2D eigenvalue weighted by molar-refractivity contribution is -0.155. The van der Waals surface area contributed by atoms with Crippen molar-refractivity contribution in [2.75, 3.05) is 12.3 Å². The van der Waals surface area contributed by atoms with Crippen LogP contribution >= 0.6 is 0 Å². The first kappa shape index (κ1) is 18.0. The van der Waals surface area contributed by atoms with Gasteiger partial charge < -0.3 is 10.1 Å². The molecule has 1 heterocycles. The topological polar surface area (TPSA) is 89.5 Å². The number of hydrogen-bond donors (Lipinski definition) is 1. The van der Waals surface area contributed by atoms with Gasteiger partial charge in [0.2, 0.25) is 0 Å². The average Bonchev–Trinajstić information content (AvgIpc) is 2.84. The molecule has 1 saturated carbocycles. The molecule has 1 amide bonds. The van der Waals surface area contributed by atoms with Crippen molar-refractivity contribution in [3.05, 3.63) is 11.5 Å². The van der Waals surface area contributed by atoms with Crippen LogP contribution in [-0.2, 0) is 24.2 Å². The summed E-state index contributed by atoms with van der Waals surface area (Å²) in [5.74, 6) is -0.741. The fraction of sp³-hybridized carbons (Fsp3) is 0.750. The Morgan fingerprint density at radius 3 is 2.57 bits per heavy atom. The number of esters is 1. The van der Waals surface area contributed by atoms with E-state index in [1.165, 1.54) is 32.3 Å². The summed E-state index contributed by atoms with van der Waals surface area (Å²) in [5.41, 5.74) is 0. The third kappa shape index (κ3) is 5.97. The lowest BCUT2D eigenvalue weighted by Gasteiger charge is -2.22. The Labute approximate surface area is 137 Å². The van der Waals surface area contributed by atoms with Crippen molar-refractivity contribution < 1.29 is 22.7 Å². The number of allylic oxidation sites excluding steroid dienone is 1. The van der Waals surface area contributed by atoms with Crippen LogP contribution in [0.2, 0.25) is 0 Å². The molecule has 2 aliphatic rings. The number of sulfone groups is 1. The molecule has 0 radical (unpaired) electrons. The second kappa shape index (κ2) is 7.95. The normalized spacial score (nSPS) is 25.0. The predicted molar refractivity (Wildman–Crippen MR) is 86.2 cm³/mol. The van der Waals surface area contributed by atoms with Crippen molar-refractivity contribution in [3.8, 4) is 0 Å². The van der Waals surface area contributed by atoms with Crippen LogP contribution in [0.15, 0.2) is 11.5 Å². The molecule has 130 valence electrons. The minimum absolute atomic E-state index is 0.0179. The van der Waals surface area contributed by atoms with E-state index in [-0.39, 0.29) is 24.0 Å². The molecule has 1 aliphatic carbocycles. The minimum Gasteiger partial charge on any atom is -0.453 e. The van der Waals surface area contributed by atoms with Crippen LogP contribution in [0.1, 0.15) is 45.4 Å². The van der Waals surface area contributed by atoms with Gasteiger partial charge >= 0.3 is 5.97 Å². The fourth-order valence-electron chi connectivity index (χ4n) is 3.06. The summed E-state index contributed by atoms with van der Waals surface area (Å²) in [5, 5.41) is 3.97. The number of hydrogen-bond acceptors (Lipinski definition) is 5. The van der Waals surface area contributed by atoms with Crippen molar-refractivity contribution in [1.29, 1.82) is 0 Å². The first-order chi connectivity index (χ1) is 10.9. The van der Waals surface area contributed by atoms with Crippen molar-refractivity contribution >= 4 is 21.7 Å². The summed E-state index contributed by atoms with van der Waals surface area (Å²) < 4.78 is 27.7. The molecule has 2 unspecified atom stereocenters. The van der Waals surface area contributed by atoms with Gasteiger partial charge in [-0.2, -0.15) is 0 Å². The highest BCUT2D eigenvalue weighted by Gasteiger charge is 2.26. The first-order valence-electron chi connectivity index (χ1n) is 8.24. The zero-order valence-electron chi connectivity index (χ0n) is 13.5. The molecule has 0 aromatic heterocycles. The van der Waals surface area contributed by atoms with Gasteiger partial charge in [-0.05, 0) is 25.7 Å². The lowest BCUT2D eigenvalue weighted by Crippen LogP contribution is -2.39. The maximum atomic E-state index is 12.0. The van der Waals surface area contributed by atoms with Crippen molar-refractivity contribution in [1.82, 2.24) is 5.32 Å². The second-order valence-corrected chi connectivity index (χ2v) is 8.43. The van der Waals surface area contributed by atoms with E-state index in [9.17, 15) is 18.0 Å². The fourth-order valence-corrected chi connectivity index (χ4v) is 4.46. The number of carbonyl (C=O) groups is 2. The molecule has 1 N–H and O–H groups in total. The van der Waals surface area contributed by atoms with Crippen molar-refractivity contribution in [2.45, 2.75) is 51.6 Å². The molecule has 1 aliphatic heterocycles. The standard InChI is InChI=1S/C16H25NO5S/c1-12(16(19)17-10-13-5-3-2-4-6-13)22-15(18)9-14-7-8-23(20,21)11-14/h7-8,12-14H,2-6,9-11H2,1H3,(H,17,19). The number of rotatable bonds is 6. The Morgan fingerprint density at radius 1 is 1.26 bits per heavy atom. The van der Waals surface area contributed by atoms with Gasteiger partial charge in [-0.1, -0.05) is 25.3 Å². The number of carbonyl (C=O) groups excluding carboxylic acids is 2. The molecular weight excluding hydrogens is 318 g/mol. The first-order valence-corrected chi connectivity index (χ1v) is 9.95. The van der Waals surface area contributed by atoms with Crippen molar-refractivity contribution in [3.63, 3.8) is 0 Å². The summed E-state index contributed by atoms with van der Waals surface area (Å²) in [7, 11) is -3.17. The number of amides is 1. The zero-order chi connectivity index (χ0) is 16.9. The molecule has 2 atom stereocenters. The Kier molecular flexibility index (Phi) is 6.21. The minimum atomic E-state index is -3.17. The molecule has 0 aromatic carbocycles. The smallest absolute Gasteiger partial charge is 0.307 e. The van der Waals surface area contributed by atoms with Crippen LogP contribution in [0.25, 0.3) is 0 Å². The van der Waals surface area contributed by atoms with Gasteiger partial charge in [0.1, 0.15) is 0 Å². The van der Waals surface area contributed by atoms with Gasteiger partial charge in [0.25, 0.3) is 5.91 Å². The van der Waals surface area contributed by atoms with E-state index in [2.05, 4.69) is 5.32 Å². The van der Waals surface area contributed by atoms with Crippen LogP contribution < -0.4 is 5.32 Å². The maximum absolute atomic E-state index is 12.0. The van der Waals surface area contributed by atoms with Crippen LogP contribution in [-0.4, -0.2) is 38.7 Å². The Hall–Kier alpha value is -1.37. The van der Waals surface area contributed by atoms with Crippen LogP contribution in [0, 0.1) is 11.8 Å². The van der Waals surface area contributed by atoms with Gasteiger partial charge in [-0.15, -0.1) is 0 Å². The number of ether oxygens (including phenoxy) is 1. The lowest BCUT2D eigenvalue weighted by atomic mass is 9.89. The molecule has 0 spiro atoms. The summed E-state index contributed by atoms with van der Waals surface area (Å²) in [6, 6.07) is 0. The Morgan fingerprint density at radius 2 is 1.96 bits per heavy atom. The summed E-state index contributed by atoms with van der Waals surface area (Å²) >= 11 is 0. The van der Waals surface area contributed by atoms with E-state index in [0.717, 1.165) is 18.2 Å². The molecule has 23 heavy (non-hydrogen) atoms. The molecule has 0 saturated heterocycles. The zero-order valence-corrected chi connectivity index (χ0v) is 14.3. The van der Waals surface area contributed by atoms with Crippen LogP contribution in [0.3, 0.4) is 0 Å². The van der Waals surface area contributed by atoms with Crippen LogP contribution in [0.4, 0.5) is 0 Å². The van der Waals surface area contributed by atoms with Gasteiger partial charge in [-0.25, -0.2) is 8.42 Å². The van der Waals surface area contributed by atoms with E-state index in [0.29, 0.717) is 12.5 Å². The quantitative estimate of drug-likeness (QED) is 0.739. The SMILES string of the molecule is CC(OC(=O)CC1C=CS(=O)(=O)C1)C(=O)NCC1CCCCC1. The van der Waals surface area contributed by atoms with E-state index >= 15 is 0 Å². The summed E-state index contributed by atoms with van der Waals surface area (Å²) in [6.45, 7) is 2.17. The third-order valence-corrected chi connectivity index (χ3v) is 5.87.